The molecular weight excluding hydrogens is 350 g/mol. The SMILES string of the molecule is CC1CN(C(=O)CSc2nc(CO)cn2Cc2ccccc2)CC(C)O1. The molecule has 6 nitrogen and oxygen atoms in total. The molecule has 140 valence electrons. The molecule has 0 bridgehead atoms. The Bertz CT molecular complexity index is 725. The second-order valence-corrected chi connectivity index (χ2v) is 7.57. The van der Waals surface area contributed by atoms with Crippen LogP contribution in [0.2, 0.25) is 0 Å². The lowest BCUT2D eigenvalue weighted by Crippen LogP contribution is -2.48. The van der Waals surface area contributed by atoms with Crippen molar-refractivity contribution in [2.45, 2.75) is 44.4 Å². The zero-order valence-corrected chi connectivity index (χ0v) is 16.0. The summed E-state index contributed by atoms with van der Waals surface area (Å²) in [6.45, 7) is 5.79. The average molecular weight is 375 g/mol. The largest absolute Gasteiger partial charge is 0.390 e. The fourth-order valence-corrected chi connectivity index (χ4v) is 4.03. The molecule has 2 aromatic rings. The highest BCUT2D eigenvalue weighted by molar-refractivity contribution is 7.99. The number of amides is 1. The number of benzene rings is 1. The standard InChI is InChI=1S/C19H25N3O3S/c1-14-8-21(9-15(2)25-14)18(24)13-26-19-20-17(12-23)11-22(19)10-16-6-4-3-5-7-16/h3-7,11,14-15,23H,8-10,12-13H2,1-2H3. The van der Waals surface area contributed by atoms with Crippen molar-refractivity contribution in [1.29, 1.82) is 0 Å². The minimum absolute atomic E-state index is 0.0637. The molecule has 26 heavy (non-hydrogen) atoms. The maximum absolute atomic E-state index is 12.6. The molecule has 1 aliphatic heterocycles. The third-order valence-electron chi connectivity index (χ3n) is 4.24. The third kappa shape index (κ3) is 4.87. The zero-order valence-electron chi connectivity index (χ0n) is 15.2. The van der Waals surface area contributed by atoms with Gasteiger partial charge in [-0.2, -0.15) is 0 Å². The monoisotopic (exact) mass is 375 g/mol. The van der Waals surface area contributed by atoms with Crippen LogP contribution >= 0.6 is 11.8 Å². The molecule has 3 rings (SSSR count). The Labute approximate surface area is 158 Å². The molecule has 7 heteroatoms. The number of hydrogen-bond acceptors (Lipinski definition) is 5. The van der Waals surface area contributed by atoms with E-state index in [9.17, 15) is 9.90 Å². The van der Waals surface area contributed by atoms with Gasteiger partial charge < -0.3 is 19.3 Å². The van der Waals surface area contributed by atoms with Gasteiger partial charge in [0.25, 0.3) is 0 Å². The van der Waals surface area contributed by atoms with Gasteiger partial charge in [0.1, 0.15) is 0 Å². The van der Waals surface area contributed by atoms with Crippen LogP contribution in [0.25, 0.3) is 0 Å². The number of imidazole rings is 1. The number of aromatic nitrogens is 2. The molecule has 1 amide bonds. The topological polar surface area (TPSA) is 67.6 Å². The van der Waals surface area contributed by atoms with Gasteiger partial charge in [-0.1, -0.05) is 42.1 Å². The summed E-state index contributed by atoms with van der Waals surface area (Å²) in [5.41, 5.74) is 1.77. The van der Waals surface area contributed by atoms with Crippen molar-refractivity contribution < 1.29 is 14.6 Å². The number of rotatable bonds is 6. The van der Waals surface area contributed by atoms with Gasteiger partial charge in [-0.25, -0.2) is 4.98 Å². The van der Waals surface area contributed by atoms with Crippen molar-refractivity contribution in [2.75, 3.05) is 18.8 Å². The van der Waals surface area contributed by atoms with Crippen LogP contribution in [0.15, 0.2) is 41.7 Å². The van der Waals surface area contributed by atoms with E-state index in [1.165, 1.54) is 11.8 Å². The first-order chi connectivity index (χ1) is 12.5. The van der Waals surface area contributed by atoms with E-state index in [1.54, 1.807) is 0 Å². The lowest BCUT2D eigenvalue weighted by molar-refractivity contribution is -0.140. The maximum Gasteiger partial charge on any atom is 0.233 e. The van der Waals surface area contributed by atoms with Crippen LogP contribution in [0.5, 0.6) is 0 Å². The van der Waals surface area contributed by atoms with E-state index in [4.69, 9.17) is 4.74 Å². The molecule has 0 spiro atoms. The Morgan fingerprint density at radius 3 is 2.62 bits per heavy atom. The van der Waals surface area contributed by atoms with E-state index in [2.05, 4.69) is 17.1 Å². The fourth-order valence-electron chi connectivity index (χ4n) is 3.13. The number of aliphatic hydroxyl groups excluding tert-OH is 1. The van der Waals surface area contributed by atoms with Crippen molar-refractivity contribution in [3.8, 4) is 0 Å². The predicted octanol–water partition coefficient (Wildman–Crippen LogP) is 2.15. The van der Waals surface area contributed by atoms with Crippen LogP contribution in [0.4, 0.5) is 0 Å². The lowest BCUT2D eigenvalue weighted by Gasteiger charge is -2.35. The number of thioether (sulfide) groups is 1. The summed E-state index contributed by atoms with van der Waals surface area (Å²) >= 11 is 1.42. The van der Waals surface area contributed by atoms with Gasteiger partial charge in [0.2, 0.25) is 5.91 Å². The highest BCUT2D eigenvalue weighted by Crippen LogP contribution is 2.21. The first kappa shape index (κ1) is 18.9. The molecule has 1 aromatic carbocycles. The Kier molecular flexibility index (Phi) is 6.34. The molecule has 0 radical (unpaired) electrons. The van der Waals surface area contributed by atoms with E-state index in [0.29, 0.717) is 31.1 Å². The van der Waals surface area contributed by atoms with Gasteiger partial charge in [-0.05, 0) is 19.4 Å². The molecular formula is C19H25N3O3S. The minimum atomic E-state index is -0.109. The van der Waals surface area contributed by atoms with Crippen molar-refractivity contribution in [2.24, 2.45) is 0 Å². The normalized spacial score (nSPS) is 20.3. The summed E-state index contributed by atoms with van der Waals surface area (Å²) in [5.74, 6) is 0.424. The van der Waals surface area contributed by atoms with Crippen LogP contribution in [-0.2, 0) is 22.7 Å². The van der Waals surface area contributed by atoms with Gasteiger partial charge in [0, 0.05) is 25.8 Å². The summed E-state index contributed by atoms with van der Waals surface area (Å²) in [6, 6.07) is 10.1. The molecule has 1 aromatic heterocycles. The minimum Gasteiger partial charge on any atom is -0.390 e. The highest BCUT2D eigenvalue weighted by atomic mass is 32.2. The summed E-state index contributed by atoms with van der Waals surface area (Å²) in [5, 5.41) is 10.2. The molecule has 1 N–H and O–H groups in total. The third-order valence-corrected chi connectivity index (χ3v) is 5.22. The van der Waals surface area contributed by atoms with E-state index in [0.717, 1.165) is 10.7 Å². The molecule has 1 aliphatic rings. The van der Waals surface area contributed by atoms with Gasteiger partial charge in [-0.15, -0.1) is 0 Å². The number of hydrogen-bond donors (Lipinski definition) is 1. The fraction of sp³-hybridized carbons (Fsp3) is 0.474. The molecule has 2 atom stereocenters. The van der Waals surface area contributed by atoms with Crippen molar-refractivity contribution in [1.82, 2.24) is 14.5 Å². The second-order valence-electron chi connectivity index (χ2n) is 6.63. The van der Waals surface area contributed by atoms with Crippen LogP contribution in [-0.4, -0.2) is 56.5 Å². The molecule has 2 unspecified atom stereocenters. The summed E-state index contributed by atoms with van der Waals surface area (Å²) in [4.78, 5) is 18.9. The Morgan fingerprint density at radius 2 is 1.96 bits per heavy atom. The quantitative estimate of drug-likeness (QED) is 0.784. The zero-order chi connectivity index (χ0) is 18.5. The van der Waals surface area contributed by atoms with Crippen molar-refractivity contribution in [3.63, 3.8) is 0 Å². The predicted molar refractivity (Wildman–Crippen MR) is 101 cm³/mol. The maximum atomic E-state index is 12.6. The van der Waals surface area contributed by atoms with Crippen molar-refractivity contribution >= 4 is 17.7 Å². The molecule has 0 aliphatic carbocycles. The summed E-state index contributed by atoms with van der Waals surface area (Å²) in [6.07, 6.45) is 1.97. The van der Waals surface area contributed by atoms with E-state index in [1.807, 2.05) is 47.7 Å². The van der Waals surface area contributed by atoms with Crippen molar-refractivity contribution in [3.05, 3.63) is 47.8 Å². The van der Waals surface area contributed by atoms with Crippen LogP contribution in [0, 0.1) is 0 Å². The first-order valence-corrected chi connectivity index (χ1v) is 9.80. The Morgan fingerprint density at radius 1 is 1.27 bits per heavy atom. The second kappa shape index (κ2) is 8.70. The summed E-state index contributed by atoms with van der Waals surface area (Å²) < 4.78 is 7.68. The van der Waals surface area contributed by atoms with Crippen LogP contribution in [0.1, 0.15) is 25.1 Å². The average Bonchev–Trinajstić information content (AvgIpc) is 3.01. The van der Waals surface area contributed by atoms with Gasteiger partial charge in [0.05, 0.1) is 30.3 Å². The number of carbonyl (C=O) groups excluding carboxylic acids is 1. The van der Waals surface area contributed by atoms with Crippen LogP contribution < -0.4 is 0 Å². The first-order valence-electron chi connectivity index (χ1n) is 8.82. The number of aliphatic hydroxyl groups is 1. The van der Waals surface area contributed by atoms with E-state index in [-0.39, 0.29) is 24.7 Å². The van der Waals surface area contributed by atoms with Gasteiger partial charge in [-0.3, -0.25) is 4.79 Å². The smallest absolute Gasteiger partial charge is 0.233 e. The van der Waals surface area contributed by atoms with E-state index >= 15 is 0 Å². The number of nitrogens with zero attached hydrogens (tertiary/aromatic N) is 3. The molecule has 1 fully saturated rings. The van der Waals surface area contributed by atoms with E-state index < -0.39 is 0 Å². The molecule has 2 heterocycles. The summed E-state index contributed by atoms with van der Waals surface area (Å²) in [7, 11) is 0. The number of carbonyl (C=O) groups is 1. The molecule has 1 saturated heterocycles. The highest BCUT2D eigenvalue weighted by Gasteiger charge is 2.26. The van der Waals surface area contributed by atoms with Gasteiger partial charge in [0.15, 0.2) is 5.16 Å². The number of ether oxygens (including phenoxy) is 1. The number of morpholine rings is 1. The Balaban J connectivity index is 1.65. The lowest BCUT2D eigenvalue weighted by atomic mass is 10.2. The van der Waals surface area contributed by atoms with Gasteiger partial charge >= 0.3 is 0 Å². The Hall–Kier alpha value is -1.83. The molecule has 0 saturated carbocycles. The van der Waals surface area contributed by atoms with Crippen LogP contribution in [0.3, 0.4) is 0 Å².